The van der Waals surface area contributed by atoms with Gasteiger partial charge in [0.05, 0.1) is 11.0 Å². The number of nitro benzene ring substituents is 1. The van der Waals surface area contributed by atoms with Crippen LogP contribution in [0.2, 0.25) is 0 Å². The van der Waals surface area contributed by atoms with Gasteiger partial charge >= 0.3 is 5.97 Å². The fraction of sp³-hybridized carbons (Fsp3) is 0.417. The Bertz CT molecular complexity index is 491. The van der Waals surface area contributed by atoms with Crippen LogP contribution in [0.15, 0.2) is 18.2 Å². The molecule has 0 aliphatic heterocycles. The maximum Gasteiger partial charge on any atom is 0.323 e. The Labute approximate surface area is 109 Å². The van der Waals surface area contributed by atoms with Gasteiger partial charge in [-0.25, -0.2) is 4.39 Å². The van der Waals surface area contributed by atoms with Crippen LogP contribution in [0.1, 0.15) is 13.8 Å². The van der Waals surface area contributed by atoms with Gasteiger partial charge in [0.25, 0.3) is 5.69 Å². The summed E-state index contributed by atoms with van der Waals surface area (Å²) in [5.74, 6) is -1.71. The molecule has 0 aliphatic rings. The summed E-state index contributed by atoms with van der Waals surface area (Å²) in [6.45, 7) is 3.69. The summed E-state index contributed by atoms with van der Waals surface area (Å²) in [4.78, 5) is 22.4. The van der Waals surface area contributed by atoms with Gasteiger partial charge in [-0.15, -0.1) is 0 Å². The molecule has 0 spiro atoms. The molecule has 0 saturated heterocycles. The minimum Gasteiger partial charge on any atom is -0.480 e. The van der Waals surface area contributed by atoms with Crippen LogP contribution in [0.3, 0.4) is 0 Å². The minimum absolute atomic E-state index is 0.113. The second-order valence-electron chi connectivity index (χ2n) is 4.56. The standard InChI is InChI=1S/C12H15FN2O4/c1-8(2)6-14(7-12(16)17)10-4-3-9(13)5-11(10)15(18)19/h3-5,8H,6-7H2,1-2H3,(H,16,17). The van der Waals surface area contributed by atoms with Crippen LogP contribution in [-0.4, -0.2) is 29.1 Å². The van der Waals surface area contributed by atoms with Gasteiger partial charge in [-0.1, -0.05) is 13.8 Å². The zero-order chi connectivity index (χ0) is 14.6. The van der Waals surface area contributed by atoms with Gasteiger partial charge in [0.1, 0.15) is 18.0 Å². The first-order valence-electron chi connectivity index (χ1n) is 5.72. The van der Waals surface area contributed by atoms with E-state index in [2.05, 4.69) is 0 Å². The Morgan fingerprint density at radius 2 is 2.16 bits per heavy atom. The van der Waals surface area contributed by atoms with Crippen LogP contribution in [0.5, 0.6) is 0 Å². The number of carbonyl (C=O) groups is 1. The largest absolute Gasteiger partial charge is 0.480 e. The van der Waals surface area contributed by atoms with E-state index in [1.54, 1.807) is 0 Å². The molecule has 0 amide bonds. The molecule has 0 fully saturated rings. The van der Waals surface area contributed by atoms with Crippen molar-refractivity contribution in [1.82, 2.24) is 0 Å². The summed E-state index contributed by atoms with van der Waals surface area (Å²) in [5.41, 5.74) is -0.315. The van der Waals surface area contributed by atoms with Gasteiger partial charge in [0.15, 0.2) is 0 Å². The molecule has 19 heavy (non-hydrogen) atoms. The first-order chi connectivity index (χ1) is 8.81. The topological polar surface area (TPSA) is 83.7 Å². The van der Waals surface area contributed by atoms with Crippen molar-refractivity contribution in [2.75, 3.05) is 18.0 Å². The summed E-state index contributed by atoms with van der Waals surface area (Å²) in [6, 6.07) is 3.11. The number of aliphatic carboxylic acids is 1. The maximum atomic E-state index is 13.1. The predicted molar refractivity (Wildman–Crippen MR) is 67.7 cm³/mol. The maximum absolute atomic E-state index is 13.1. The molecule has 1 rings (SSSR count). The summed E-state index contributed by atoms with van der Waals surface area (Å²) in [6.07, 6.45) is 0. The summed E-state index contributed by atoms with van der Waals surface area (Å²) in [5, 5.41) is 19.8. The van der Waals surface area contributed by atoms with Crippen LogP contribution >= 0.6 is 0 Å². The fourth-order valence-corrected chi connectivity index (χ4v) is 1.76. The summed E-state index contributed by atoms with van der Waals surface area (Å²) >= 11 is 0. The Morgan fingerprint density at radius 3 is 2.63 bits per heavy atom. The van der Waals surface area contributed by atoms with Crippen LogP contribution in [0.4, 0.5) is 15.8 Å². The van der Waals surface area contributed by atoms with Crippen molar-refractivity contribution in [3.8, 4) is 0 Å². The number of hydrogen-bond acceptors (Lipinski definition) is 4. The van der Waals surface area contributed by atoms with Crippen molar-refractivity contribution in [3.05, 3.63) is 34.1 Å². The fourth-order valence-electron chi connectivity index (χ4n) is 1.76. The Kier molecular flexibility index (Phi) is 4.80. The van der Waals surface area contributed by atoms with Gasteiger partial charge < -0.3 is 10.0 Å². The van der Waals surface area contributed by atoms with Crippen LogP contribution in [-0.2, 0) is 4.79 Å². The highest BCUT2D eigenvalue weighted by Crippen LogP contribution is 2.29. The Morgan fingerprint density at radius 1 is 1.53 bits per heavy atom. The monoisotopic (exact) mass is 270 g/mol. The van der Waals surface area contributed by atoms with Crippen LogP contribution in [0, 0.1) is 21.8 Å². The molecule has 0 aliphatic carbocycles. The van der Waals surface area contributed by atoms with Gasteiger partial charge in [-0.2, -0.15) is 0 Å². The molecule has 7 heteroatoms. The van der Waals surface area contributed by atoms with Crippen LogP contribution < -0.4 is 4.90 Å². The third-order valence-electron chi connectivity index (χ3n) is 2.39. The molecule has 1 aromatic carbocycles. The van der Waals surface area contributed by atoms with E-state index in [1.165, 1.54) is 11.0 Å². The number of halogens is 1. The SMILES string of the molecule is CC(C)CN(CC(=O)O)c1ccc(F)cc1[N+](=O)[O-]. The number of hydrogen-bond donors (Lipinski definition) is 1. The van der Waals surface area contributed by atoms with Gasteiger partial charge in [0, 0.05) is 6.54 Å². The van der Waals surface area contributed by atoms with E-state index >= 15 is 0 Å². The molecule has 104 valence electrons. The van der Waals surface area contributed by atoms with E-state index in [4.69, 9.17) is 5.11 Å². The van der Waals surface area contributed by atoms with E-state index in [1.807, 2.05) is 13.8 Å². The molecule has 1 N–H and O–H groups in total. The first kappa shape index (κ1) is 14.9. The normalized spacial score (nSPS) is 10.5. The Hall–Kier alpha value is -2.18. The molecule has 0 heterocycles. The van der Waals surface area contributed by atoms with Crippen molar-refractivity contribution in [2.45, 2.75) is 13.8 Å². The van der Waals surface area contributed by atoms with E-state index < -0.39 is 22.4 Å². The lowest BCUT2D eigenvalue weighted by molar-refractivity contribution is -0.384. The zero-order valence-corrected chi connectivity index (χ0v) is 10.7. The third-order valence-corrected chi connectivity index (χ3v) is 2.39. The molecule has 0 bridgehead atoms. The van der Waals surface area contributed by atoms with Crippen molar-refractivity contribution in [2.24, 2.45) is 5.92 Å². The highest BCUT2D eigenvalue weighted by atomic mass is 19.1. The van der Waals surface area contributed by atoms with Crippen LogP contribution in [0.25, 0.3) is 0 Å². The molecule has 0 unspecified atom stereocenters. The number of anilines is 1. The van der Waals surface area contributed by atoms with Gasteiger partial charge in [0.2, 0.25) is 0 Å². The number of nitrogens with zero attached hydrogens (tertiary/aromatic N) is 2. The molecule has 0 atom stereocenters. The summed E-state index contributed by atoms with van der Waals surface area (Å²) in [7, 11) is 0. The lowest BCUT2D eigenvalue weighted by Crippen LogP contribution is -2.33. The second kappa shape index (κ2) is 6.12. The van der Waals surface area contributed by atoms with Crippen molar-refractivity contribution in [1.29, 1.82) is 0 Å². The lowest BCUT2D eigenvalue weighted by Gasteiger charge is -2.24. The van der Waals surface area contributed by atoms with E-state index in [0.29, 0.717) is 6.54 Å². The highest BCUT2D eigenvalue weighted by molar-refractivity contribution is 5.76. The summed E-state index contributed by atoms with van der Waals surface area (Å²) < 4.78 is 13.1. The third kappa shape index (κ3) is 4.20. The molecule has 0 radical (unpaired) electrons. The average molecular weight is 270 g/mol. The van der Waals surface area contributed by atoms with E-state index in [9.17, 15) is 19.3 Å². The predicted octanol–water partition coefficient (Wildman–Crippen LogP) is 2.28. The highest BCUT2D eigenvalue weighted by Gasteiger charge is 2.22. The second-order valence-corrected chi connectivity index (χ2v) is 4.56. The lowest BCUT2D eigenvalue weighted by atomic mass is 10.1. The van der Waals surface area contributed by atoms with E-state index in [-0.39, 0.29) is 18.2 Å². The average Bonchev–Trinajstić information content (AvgIpc) is 2.26. The molecular formula is C12H15FN2O4. The number of benzene rings is 1. The van der Waals surface area contributed by atoms with Crippen molar-refractivity contribution in [3.63, 3.8) is 0 Å². The van der Waals surface area contributed by atoms with Gasteiger partial charge in [-0.05, 0) is 18.1 Å². The van der Waals surface area contributed by atoms with E-state index in [0.717, 1.165) is 12.1 Å². The molecule has 6 nitrogen and oxygen atoms in total. The number of rotatable bonds is 6. The molecule has 0 aromatic heterocycles. The van der Waals surface area contributed by atoms with Crippen molar-refractivity contribution < 1.29 is 19.2 Å². The molecule has 0 saturated carbocycles. The van der Waals surface area contributed by atoms with Gasteiger partial charge in [-0.3, -0.25) is 14.9 Å². The van der Waals surface area contributed by atoms with Crippen molar-refractivity contribution >= 4 is 17.3 Å². The minimum atomic E-state index is -1.10. The smallest absolute Gasteiger partial charge is 0.323 e. The number of nitro groups is 1. The Balaban J connectivity index is 3.20. The molecule has 1 aromatic rings. The zero-order valence-electron chi connectivity index (χ0n) is 10.7. The first-order valence-corrected chi connectivity index (χ1v) is 5.72. The number of carboxylic acids is 1. The quantitative estimate of drug-likeness (QED) is 0.633. The molecular weight excluding hydrogens is 255 g/mol. The number of carboxylic acid groups (broad SMARTS) is 1.